The fourth-order valence-electron chi connectivity index (χ4n) is 4.92. The van der Waals surface area contributed by atoms with Gasteiger partial charge in [0.25, 0.3) is 0 Å². The summed E-state index contributed by atoms with van der Waals surface area (Å²) in [6, 6.07) is 19.3. The molecule has 1 aliphatic carbocycles. The zero-order valence-corrected chi connectivity index (χ0v) is 22.3. The van der Waals surface area contributed by atoms with Crippen molar-refractivity contribution in [3.63, 3.8) is 0 Å². The molecular weight excluding hydrogens is 560 g/mol. The van der Waals surface area contributed by atoms with Crippen LogP contribution in [0.25, 0.3) is 39.4 Å². The Bertz CT molecular complexity index is 1760. The van der Waals surface area contributed by atoms with E-state index in [0.717, 1.165) is 47.7 Å². The van der Waals surface area contributed by atoms with E-state index in [4.69, 9.17) is 4.42 Å². The number of oxazole rings is 1. The van der Waals surface area contributed by atoms with Crippen molar-refractivity contribution in [3.8, 4) is 45.1 Å². The summed E-state index contributed by atoms with van der Waals surface area (Å²) in [7, 11) is 0. The van der Waals surface area contributed by atoms with E-state index in [1.807, 2.05) is 37.3 Å². The van der Waals surface area contributed by atoms with Crippen LogP contribution in [0.1, 0.15) is 41.6 Å². The van der Waals surface area contributed by atoms with E-state index >= 15 is 0 Å². The molecule has 1 saturated carbocycles. The van der Waals surface area contributed by atoms with Crippen LogP contribution in [0.5, 0.6) is 5.75 Å². The van der Waals surface area contributed by atoms with Crippen molar-refractivity contribution in [3.05, 3.63) is 95.6 Å². The second-order valence-corrected chi connectivity index (χ2v) is 10.2. The third kappa shape index (κ3) is 5.63. The quantitative estimate of drug-likeness (QED) is 0.187. The molecule has 2 aromatic heterocycles. The maximum Gasteiger partial charge on any atom is 0.573 e. The average Bonchev–Trinajstić information content (AvgIpc) is 3.53. The first-order chi connectivity index (χ1) is 19.9. The number of aromatic nitrogens is 3. The Labute approximate surface area is 236 Å². The first-order valence-corrected chi connectivity index (χ1v) is 13.1. The van der Waals surface area contributed by atoms with E-state index in [0.29, 0.717) is 28.2 Å². The molecule has 0 spiro atoms. The topological polar surface area (TPSA) is 53.1 Å². The maximum absolute atomic E-state index is 13.8. The van der Waals surface area contributed by atoms with Gasteiger partial charge in [-0.05, 0) is 73.4 Å². The fourth-order valence-corrected chi connectivity index (χ4v) is 4.92. The van der Waals surface area contributed by atoms with Gasteiger partial charge in [0.15, 0.2) is 17.3 Å². The number of ether oxygens (including phenoxy) is 1. The molecule has 0 bridgehead atoms. The molecule has 216 valence electrons. The summed E-state index contributed by atoms with van der Waals surface area (Å²) in [6.45, 7) is 3.57. The monoisotopic (exact) mass is 583 g/mol. The third-order valence-corrected chi connectivity index (χ3v) is 6.94. The molecule has 42 heavy (non-hydrogen) atoms. The molecule has 11 heteroatoms. The molecule has 0 radical (unpaired) electrons. The number of aryl methyl sites for hydroxylation is 2. The summed E-state index contributed by atoms with van der Waals surface area (Å²) in [5.74, 6) is 0.0455. The number of benzene rings is 3. The molecule has 3 aromatic carbocycles. The molecule has 0 aliphatic heterocycles. The first-order valence-electron chi connectivity index (χ1n) is 13.1. The van der Waals surface area contributed by atoms with Gasteiger partial charge in [0.2, 0.25) is 0 Å². The lowest BCUT2D eigenvalue weighted by Crippen LogP contribution is -2.16. The number of rotatable bonds is 6. The van der Waals surface area contributed by atoms with Crippen LogP contribution in [0.4, 0.5) is 26.3 Å². The zero-order valence-electron chi connectivity index (χ0n) is 22.3. The first kappa shape index (κ1) is 27.6. The van der Waals surface area contributed by atoms with Gasteiger partial charge in [-0.2, -0.15) is 18.3 Å². The summed E-state index contributed by atoms with van der Waals surface area (Å²) in [4.78, 5) is 4.49. The van der Waals surface area contributed by atoms with E-state index in [2.05, 4.69) is 14.8 Å². The number of halogens is 6. The molecule has 1 aliphatic rings. The number of alkyl halides is 6. The summed E-state index contributed by atoms with van der Waals surface area (Å²) < 4.78 is 90.8. The van der Waals surface area contributed by atoms with Crippen LogP contribution in [0, 0.1) is 13.8 Å². The molecule has 1 fully saturated rings. The van der Waals surface area contributed by atoms with Crippen LogP contribution in [0.2, 0.25) is 0 Å². The van der Waals surface area contributed by atoms with E-state index < -0.39 is 24.0 Å². The predicted octanol–water partition coefficient (Wildman–Crippen LogP) is 9.27. The molecule has 5 nitrogen and oxygen atoms in total. The highest BCUT2D eigenvalue weighted by Crippen LogP contribution is 2.45. The maximum atomic E-state index is 13.8. The smallest absolute Gasteiger partial charge is 0.440 e. The largest absolute Gasteiger partial charge is 0.573 e. The summed E-state index contributed by atoms with van der Waals surface area (Å²) >= 11 is 0. The van der Waals surface area contributed by atoms with Crippen molar-refractivity contribution in [2.75, 3.05) is 0 Å². The van der Waals surface area contributed by atoms with Crippen LogP contribution in [0.15, 0.2) is 77.2 Å². The van der Waals surface area contributed by atoms with E-state index in [1.165, 1.54) is 16.8 Å². The molecule has 0 saturated heterocycles. The minimum Gasteiger partial charge on any atom is -0.440 e. The Hall–Kier alpha value is -4.54. The van der Waals surface area contributed by atoms with Gasteiger partial charge in [-0.25, -0.2) is 9.67 Å². The highest BCUT2D eigenvalue weighted by atomic mass is 19.4. The molecule has 0 atom stereocenters. The van der Waals surface area contributed by atoms with Crippen molar-refractivity contribution in [2.45, 2.75) is 45.1 Å². The standard InChI is InChI=1S/C31H23F6N3O2/c1-17-4-3-5-21(14-17)22-10-13-25(40-26(19-6-7-19)16-27(39-40)30(32,33)34)24(15-22)29-28(38-18(2)41-29)20-8-11-23(12-9-20)42-31(35,36)37/h3-5,8-16,19H,6-7H2,1-2H3. The van der Waals surface area contributed by atoms with E-state index in [-0.39, 0.29) is 17.6 Å². The number of hydrogen-bond donors (Lipinski definition) is 0. The molecule has 0 unspecified atom stereocenters. The van der Waals surface area contributed by atoms with Crippen LogP contribution in [-0.4, -0.2) is 21.1 Å². The molecule has 5 aromatic rings. The van der Waals surface area contributed by atoms with Gasteiger partial charge in [-0.3, -0.25) is 0 Å². The normalized spacial score (nSPS) is 13.9. The van der Waals surface area contributed by atoms with E-state index in [1.54, 1.807) is 19.1 Å². The molecule has 0 N–H and O–H groups in total. The second-order valence-electron chi connectivity index (χ2n) is 10.2. The Morgan fingerprint density at radius 3 is 2.17 bits per heavy atom. The molecule has 2 heterocycles. The van der Waals surface area contributed by atoms with Crippen molar-refractivity contribution in [1.29, 1.82) is 0 Å². The SMILES string of the molecule is Cc1cccc(-c2ccc(-n3nc(C(F)(F)F)cc3C3CC3)c(-c3oc(C)nc3-c3ccc(OC(F)(F)F)cc3)c2)c1. The Morgan fingerprint density at radius 1 is 0.833 bits per heavy atom. The third-order valence-electron chi connectivity index (χ3n) is 6.94. The molecule has 0 amide bonds. The van der Waals surface area contributed by atoms with Gasteiger partial charge in [0.1, 0.15) is 11.4 Å². The lowest BCUT2D eigenvalue weighted by molar-refractivity contribution is -0.274. The fraction of sp³-hybridized carbons (Fsp3) is 0.226. The summed E-state index contributed by atoms with van der Waals surface area (Å²) in [6.07, 6.45) is -7.98. The Kier molecular flexibility index (Phi) is 6.63. The van der Waals surface area contributed by atoms with Crippen molar-refractivity contribution < 1.29 is 35.5 Å². The Morgan fingerprint density at radius 2 is 1.52 bits per heavy atom. The minimum atomic E-state index is -4.85. The van der Waals surface area contributed by atoms with Gasteiger partial charge >= 0.3 is 12.5 Å². The van der Waals surface area contributed by atoms with Gasteiger partial charge in [-0.15, -0.1) is 13.2 Å². The lowest BCUT2D eigenvalue weighted by Gasteiger charge is -2.15. The summed E-state index contributed by atoms with van der Waals surface area (Å²) in [5, 5.41) is 3.98. The highest BCUT2D eigenvalue weighted by molar-refractivity contribution is 5.85. The van der Waals surface area contributed by atoms with Crippen LogP contribution in [0.3, 0.4) is 0 Å². The van der Waals surface area contributed by atoms with Crippen molar-refractivity contribution in [2.24, 2.45) is 0 Å². The number of nitrogens with zero attached hydrogens (tertiary/aromatic N) is 3. The van der Waals surface area contributed by atoms with Crippen LogP contribution < -0.4 is 4.74 Å². The van der Waals surface area contributed by atoms with Gasteiger partial charge in [-0.1, -0.05) is 35.9 Å². The van der Waals surface area contributed by atoms with Gasteiger partial charge < -0.3 is 9.15 Å². The molecule has 6 rings (SSSR count). The second kappa shape index (κ2) is 10.1. The van der Waals surface area contributed by atoms with Crippen LogP contribution in [-0.2, 0) is 6.18 Å². The minimum absolute atomic E-state index is 0.0602. The van der Waals surface area contributed by atoms with Gasteiger partial charge in [0, 0.05) is 29.7 Å². The zero-order chi connectivity index (χ0) is 29.8. The van der Waals surface area contributed by atoms with Crippen molar-refractivity contribution in [1.82, 2.24) is 14.8 Å². The van der Waals surface area contributed by atoms with Gasteiger partial charge in [0.05, 0.1) is 5.69 Å². The molecular formula is C31H23F6N3O2. The Balaban J connectivity index is 1.54. The predicted molar refractivity (Wildman–Crippen MR) is 143 cm³/mol. The lowest BCUT2D eigenvalue weighted by atomic mass is 9.97. The van der Waals surface area contributed by atoms with E-state index in [9.17, 15) is 26.3 Å². The van der Waals surface area contributed by atoms with Crippen molar-refractivity contribution >= 4 is 0 Å². The number of hydrogen-bond acceptors (Lipinski definition) is 4. The highest BCUT2D eigenvalue weighted by Gasteiger charge is 2.39. The summed E-state index contributed by atoms with van der Waals surface area (Å²) in [5.41, 5.74) is 3.67. The average molecular weight is 584 g/mol. The van der Waals surface area contributed by atoms with Crippen LogP contribution >= 0.6 is 0 Å².